The van der Waals surface area contributed by atoms with Crippen molar-refractivity contribution in [1.29, 1.82) is 0 Å². The number of nitrogens with one attached hydrogen (secondary N) is 2. The minimum atomic E-state index is -1.49. The molecule has 2 amide bonds. The number of nitrogens with two attached hydrogens (primary N) is 1. The van der Waals surface area contributed by atoms with Gasteiger partial charge < -0.3 is 25.6 Å². The number of carbonyl (C=O) groups excluding carboxylic acids is 1. The van der Waals surface area contributed by atoms with Crippen LogP contribution in [0.4, 0.5) is 23.0 Å². The van der Waals surface area contributed by atoms with Gasteiger partial charge in [-0.25, -0.2) is 22.8 Å². The molecule has 1 aromatic heterocycles. The molecule has 0 unspecified atom stereocenters. The first-order valence-corrected chi connectivity index (χ1v) is 9.35. The molecule has 2 rings (SSSR count). The summed E-state index contributed by atoms with van der Waals surface area (Å²) in [7, 11) is 0. The number of ether oxygens (including phenoxy) is 2. The molecule has 0 spiro atoms. The van der Waals surface area contributed by atoms with Gasteiger partial charge >= 0.3 is 12.0 Å². The summed E-state index contributed by atoms with van der Waals surface area (Å²) in [5, 5.41) is 14.0. The fraction of sp³-hybridized carbons (Fsp3) is 0.353. The Hall–Kier alpha value is -2.90. The molecule has 0 aliphatic heterocycles. The maximum atomic E-state index is 13.9. The van der Waals surface area contributed by atoms with E-state index in [1.54, 1.807) is 0 Å². The number of carbonyl (C=O) groups is 2. The average molecular weight is 448 g/mol. The number of carboxylic acids is 1. The van der Waals surface area contributed by atoms with E-state index in [2.05, 4.69) is 15.0 Å². The van der Waals surface area contributed by atoms with Crippen LogP contribution in [0, 0.1) is 24.4 Å². The quantitative estimate of drug-likeness (QED) is 0.323. The van der Waals surface area contributed by atoms with Gasteiger partial charge in [0.05, 0.1) is 18.8 Å². The largest absolute Gasteiger partial charge is 0.477 e. The van der Waals surface area contributed by atoms with Crippen LogP contribution in [0.2, 0.25) is 0 Å². The van der Waals surface area contributed by atoms with Crippen LogP contribution in [0.5, 0.6) is 5.88 Å². The number of hydrogen-bond acceptors (Lipinski definition) is 7. The smallest absolute Gasteiger partial charge is 0.344 e. The van der Waals surface area contributed by atoms with Gasteiger partial charge in [-0.15, -0.1) is 0 Å². The zero-order valence-corrected chi connectivity index (χ0v) is 16.6. The maximum Gasteiger partial charge on any atom is 0.344 e. The zero-order chi connectivity index (χ0) is 22.3. The molecule has 13 heteroatoms. The van der Waals surface area contributed by atoms with Crippen LogP contribution >= 0.6 is 11.5 Å². The van der Waals surface area contributed by atoms with E-state index in [9.17, 15) is 27.9 Å². The van der Waals surface area contributed by atoms with Crippen molar-refractivity contribution in [3.8, 4) is 5.88 Å². The minimum Gasteiger partial charge on any atom is -0.477 e. The lowest BCUT2D eigenvalue weighted by molar-refractivity contribution is 0.0693. The van der Waals surface area contributed by atoms with E-state index in [0.29, 0.717) is 24.7 Å². The molecule has 2 aromatic rings. The van der Waals surface area contributed by atoms with Gasteiger partial charge in [0.1, 0.15) is 17.4 Å². The topological polar surface area (TPSA) is 136 Å². The summed E-state index contributed by atoms with van der Waals surface area (Å²) in [6.45, 7) is 1.41. The Bertz CT molecular complexity index is 925. The van der Waals surface area contributed by atoms with E-state index in [0.717, 1.165) is 6.07 Å². The summed E-state index contributed by atoms with van der Waals surface area (Å²) in [4.78, 5) is 23.4. The van der Waals surface area contributed by atoms with E-state index >= 15 is 0 Å². The van der Waals surface area contributed by atoms with Crippen LogP contribution in [-0.4, -0.2) is 47.8 Å². The third-order valence-electron chi connectivity index (χ3n) is 3.68. The highest BCUT2D eigenvalue weighted by Crippen LogP contribution is 2.31. The van der Waals surface area contributed by atoms with Crippen LogP contribution in [0.3, 0.4) is 0 Å². The SMILES string of the molecule is Cc1cc(F)c(COc2nsc(NC(=O)NCCOCCN)c2C(=O)O)c(F)c1F. The standard InChI is InChI=1S/C17H19F3N4O5S/c1-8-6-10(18)9(13(20)12(8)19)7-29-14-11(16(25)26)15(30-24-14)23-17(27)22-3-5-28-4-2-21/h6H,2-5,7,21H2,1H3,(H,25,26)(H2,22,23,27). The highest BCUT2D eigenvalue weighted by Gasteiger charge is 2.25. The third-order valence-corrected chi connectivity index (χ3v) is 4.43. The monoisotopic (exact) mass is 448 g/mol. The second kappa shape index (κ2) is 10.8. The van der Waals surface area contributed by atoms with Crippen LogP contribution in [-0.2, 0) is 11.3 Å². The number of amides is 2. The lowest BCUT2D eigenvalue weighted by Gasteiger charge is -2.09. The van der Waals surface area contributed by atoms with Gasteiger partial charge in [-0.1, -0.05) is 0 Å². The van der Waals surface area contributed by atoms with Crippen molar-refractivity contribution in [3.05, 3.63) is 40.2 Å². The highest BCUT2D eigenvalue weighted by atomic mass is 32.1. The van der Waals surface area contributed by atoms with Crippen LogP contribution in [0.1, 0.15) is 21.5 Å². The Balaban J connectivity index is 2.07. The second-order valence-corrected chi connectivity index (χ2v) is 6.62. The Morgan fingerprint density at radius 3 is 2.67 bits per heavy atom. The van der Waals surface area contributed by atoms with E-state index in [1.165, 1.54) is 6.92 Å². The van der Waals surface area contributed by atoms with Crippen LogP contribution in [0.15, 0.2) is 6.07 Å². The second-order valence-electron chi connectivity index (χ2n) is 5.85. The molecule has 9 nitrogen and oxygen atoms in total. The summed E-state index contributed by atoms with van der Waals surface area (Å²) in [6, 6.07) is 0.0759. The van der Waals surface area contributed by atoms with E-state index in [4.69, 9.17) is 15.2 Å². The summed E-state index contributed by atoms with van der Waals surface area (Å²) in [5.74, 6) is -5.69. The molecule has 0 saturated carbocycles. The molecule has 0 aliphatic rings. The van der Waals surface area contributed by atoms with Crippen molar-refractivity contribution in [3.63, 3.8) is 0 Å². The average Bonchev–Trinajstić information content (AvgIpc) is 3.08. The molecule has 0 aliphatic carbocycles. The summed E-state index contributed by atoms with van der Waals surface area (Å²) in [5.41, 5.74) is 3.80. The van der Waals surface area contributed by atoms with E-state index < -0.39 is 53.1 Å². The predicted molar refractivity (Wildman–Crippen MR) is 101 cm³/mol. The zero-order valence-electron chi connectivity index (χ0n) is 15.8. The highest BCUT2D eigenvalue weighted by molar-refractivity contribution is 7.11. The number of urea groups is 1. The number of carboxylic acid groups (broad SMARTS) is 1. The van der Waals surface area contributed by atoms with Crippen molar-refractivity contribution >= 4 is 28.5 Å². The summed E-state index contributed by atoms with van der Waals surface area (Å²) < 4.78 is 55.4. The molecule has 0 bridgehead atoms. The normalized spacial score (nSPS) is 10.7. The molecule has 0 saturated heterocycles. The molecule has 0 atom stereocenters. The Morgan fingerprint density at radius 1 is 1.27 bits per heavy atom. The number of aromatic nitrogens is 1. The molecule has 0 radical (unpaired) electrons. The summed E-state index contributed by atoms with van der Waals surface area (Å²) >= 11 is 0.592. The van der Waals surface area contributed by atoms with Gasteiger partial charge in [0, 0.05) is 13.1 Å². The third kappa shape index (κ3) is 5.81. The molecular weight excluding hydrogens is 429 g/mol. The fourth-order valence-electron chi connectivity index (χ4n) is 2.24. The Morgan fingerprint density at radius 2 is 2.00 bits per heavy atom. The van der Waals surface area contributed by atoms with Gasteiger partial charge in [-0.3, -0.25) is 5.32 Å². The minimum absolute atomic E-state index is 0.147. The first-order valence-electron chi connectivity index (χ1n) is 8.57. The van der Waals surface area contributed by atoms with E-state index in [-0.39, 0.29) is 23.7 Å². The van der Waals surface area contributed by atoms with Gasteiger partial charge in [0.15, 0.2) is 17.2 Å². The number of nitrogens with zero attached hydrogens (tertiary/aromatic N) is 1. The molecule has 164 valence electrons. The van der Waals surface area contributed by atoms with Crippen molar-refractivity contribution < 1.29 is 37.3 Å². The number of hydrogen-bond donors (Lipinski definition) is 4. The first kappa shape index (κ1) is 23.4. The van der Waals surface area contributed by atoms with Crippen molar-refractivity contribution in [2.75, 3.05) is 31.6 Å². The van der Waals surface area contributed by atoms with Gasteiger partial charge in [-0.2, -0.15) is 4.37 Å². The first-order chi connectivity index (χ1) is 14.3. The number of rotatable bonds is 10. The van der Waals surface area contributed by atoms with Crippen molar-refractivity contribution in [1.82, 2.24) is 9.69 Å². The number of aromatic carboxylic acids is 1. The lowest BCUT2D eigenvalue weighted by Crippen LogP contribution is -2.32. The number of benzene rings is 1. The van der Waals surface area contributed by atoms with Gasteiger partial charge in [-0.05, 0) is 30.1 Å². The molecule has 0 fully saturated rings. The van der Waals surface area contributed by atoms with Gasteiger partial charge in [0.25, 0.3) is 0 Å². The van der Waals surface area contributed by atoms with Crippen molar-refractivity contribution in [2.24, 2.45) is 5.73 Å². The lowest BCUT2D eigenvalue weighted by atomic mass is 10.1. The fourth-order valence-corrected chi connectivity index (χ4v) is 2.96. The predicted octanol–water partition coefficient (Wildman–Crippen LogP) is 2.24. The molecule has 5 N–H and O–H groups in total. The molecule has 30 heavy (non-hydrogen) atoms. The van der Waals surface area contributed by atoms with E-state index in [1.807, 2.05) is 0 Å². The number of aryl methyl sites for hydroxylation is 1. The van der Waals surface area contributed by atoms with Gasteiger partial charge in [0.2, 0.25) is 5.88 Å². The number of anilines is 1. The van der Waals surface area contributed by atoms with Crippen molar-refractivity contribution in [2.45, 2.75) is 13.5 Å². The Kier molecular flexibility index (Phi) is 8.38. The molecule has 1 heterocycles. The van der Waals surface area contributed by atoms with Crippen LogP contribution in [0.25, 0.3) is 0 Å². The molecular formula is C17H19F3N4O5S. The maximum absolute atomic E-state index is 13.9. The van der Waals surface area contributed by atoms with Crippen LogP contribution < -0.4 is 21.1 Å². The molecule has 1 aromatic carbocycles. The number of halogens is 3. The Labute approximate surface area is 173 Å². The summed E-state index contributed by atoms with van der Waals surface area (Å²) in [6.07, 6.45) is 0.